The zero-order chi connectivity index (χ0) is 3.41. The highest BCUT2D eigenvalue weighted by Crippen LogP contribution is 1.52. The van der Waals surface area contributed by atoms with Gasteiger partial charge in [0.15, 0.2) is 0 Å². The van der Waals surface area contributed by atoms with E-state index in [1.807, 2.05) is 0 Å². The Kier molecular flexibility index (Phi) is 2.74. The minimum Gasteiger partial charge on any atom is -0.114 e. The van der Waals surface area contributed by atoms with Crippen LogP contribution in [0.3, 0.4) is 0 Å². The second-order valence-electron chi connectivity index (χ2n) is 0.285. The summed E-state index contributed by atoms with van der Waals surface area (Å²) in [7, 11) is 0. The van der Waals surface area contributed by atoms with Gasteiger partial charge in [-0.2, -0.15) is 0 Å². The molecule has 0 N–H and O–H groups in total. The lowest BCUT2D eigenvalue weighted by Crippen LogP contribution is -1.44. The molecule has 0 aromatic heterocycles. The Morgan fingerprint density at radius 1 is 2.00 bits per heavy atom. The van der Waals surface area contributed by atoms with Crippen LogP contribution in [0.25, 0.3) is 0 Å². The third-order valence-electron chi connectivity index (χ3n) is 0.0680. The first-order valence-electron chi connectivity index (χ1n) is 0.813. The number of halogens is 1. The lowest BCUT2D eigenvalue weighted by molar-refractivity contribution is -0.303. The molecule has 0 rings (SSSR count). The summed E-state index contributed by atoms with van der Waals surface area (Å²) >= 11 is 4.19. The summed E-state index contributed by atoms with van der Waals surface area (Å²) in [6.07, 6.45) is 4.62. The molecule has 0 nitrogen and oxygen atoms in total. The van der Waals surface area contributed by atoms with Crippen LogP contribution in [0.15, 0.2) is 0 Å². The summed E-state index contributed by atoms with van der Waals surface area (Å²) in [5.74, 6) is 3.36. The van der Waals surface area contributed by atoms with Crippen molar-refractivity contribution < 1.29 is 11.6 Å². The lowest BCUT2D eigenvalue weighted by atomic mass is 10.8. The average Bonchev–Trinajstić information content (AvgIpc) is 1.37. The molecule has 0 aromatic carbocycles. The molecule has 1 heteroatoms. The molecule has 0 aromatic rings. The van der Waals surface area contributed by atoms with E-state index in [2.05, 4.69) is 23.9 Å². The molecule has 4 heavy (non-hydrogen) atoms. The molecule has 1 radical (unpaired) electrons. The molecule has 0 saturated heterocycles. The van der Waals surface area contributed by atoms with Crippen LogP contribution >= 0.6 is 0 Å². The van der Waals surface area contributed by atoms with Crippen LogP contribution < -0.4 is 0 Å². The van der Waals surface area contributed by atoms with E-state index in [-0.39, 0.29) is 0 Å². The fraction of sp³-hybridized carbons (Fsp3) is 0. The Labute approximate surface area is 30.8 Å². The molecule has 0 amide bonds. The highest BCUT2D eigenvalue weighted by atomic mass is 35.5. The lowest BCUT2D eigenvalue weighted by Gasteiger charge is -1.34. The van der Waals surface area contributed by atoms with Crippen molar-refractivity contribution in [2.45, 2.75) is 0 Å². The van der Waals surface area contributed by atoms with Crippen molar-refractivity contribution in [3.05, 3.63) is 5.88 Å². The van der Waals surface area contributed by atoms with Gasteiger partial charge in [-0.1, -0.05) is 0 Å². The summed E-state index contributed by atoms with van der Waals surface area (Å²) in [5.41, 5.74) is 0. The van der Waals surface area contributed by atoms with Gasteiger partial charge in [0.1, 0.15) is 11.6 Å². The summed E-state index contributed by atoms with van der Waals surface area (Å²) in [5, 5.41) is 0. The largest absolute Gasteiger partial charge is 0.306 e. The van der Waals surface area contributed by atoms with Crippen molar-refractivity contribution >= 4 is 0 Å². The highest BCUT2D eigenvalue weighted by Gasteiger charge is 1.64. The van der Waals surface area contributed by atoms with Crippen molar-refractivity contribution in [1.82, 2.24) is 0 Å². The van der Waals surface area contributed by atoms with Gasteiger partial charge in [-0.25, -0.2) is 0 Å². The monoisotopic (exact) mass is 74.0 g/mol. The van der Waals surface area contributed by atoms with Crippen LogP contribution in [-0.4, -0.2) is 0 Å². The van der Waals surface area contributed by atoms with Crippen molar-refractivity contribution in [3.63, 3.8) is 0 Å². The quantitative estimate of drug-likeness (QED) is 0.357. The number of rotatable bonds is 0. The van der Waals surface area contributed by atoms with Crippen molar-refractivity contribution in [1.29, 1.82) is 0 Å². The molecular weight excluding hydrogens is 71.5 g/mol. The SMILES string of the molecule is C#C[CH][ClH+]. The second-order valence-corrected chi connectivity index (χ2v) is 0.520. The molecule has 0 heterocycles. The van der Waals surface area contributed by atoms with Gasteiger partial charge in [0.05, 0.1) is 0 Å². The summed E-state index contributed by atoms with van der Waals surface area (Å²) < 4.78 is 0. The third-order valence-corrected chi connectivity index (χ3v) is 0.204. The van der Waals surface area contributed by atoms with Gasteiger partial charge in [0.2, 0.25) is 0 Å². The van der Waals surface area contributed by atoms with Gasteiger partial charge in [-0.3, -0.25) is 0 Å². The molecule has 0 fully saturated rings. The molecule has 0 spiro atoms. The molecule has 21 valence electrons. The summed E-state index contributed by atoms with van der Waals surface area (Å²) in [4.78, 5) is 0. The average molecular weight is 74.5 g/mol. The normalized spacial score (nSPS) is 5.00. The van der Waals surface area contributed by atoms with Crippen LogP contribution in [0.2, 0.25) is 0 Å². The maximum Gasteiger partial charge on any atom is 0.306 e. The number of hydrogen-bond acceptors (Lipinski definition) is 0. The topological polar surface area (TPSA) is 0 Å². The minimum absolute atomic E-state index is 1.24. The fourth-order valence-corrected chi connectivity index (χ4v) is 0. The van der Waals surface area contributed by atoms with Gasteiger partial charge in [0.25, 0.3) is 0 Å². The van der Waals surface area contributed by atoms with Crippen LogP contribution in [-0.2, 0) is 0 Å². The Balaban J connectivity index is 2.43. The molecule has 0 saturated carbocycles. The van der Waals surface area contributed by atoms with Gasteiger partial charge < -0.3 is 0 Å². The Morgan fingerprint density at radius 3 is 2.25 bits per heavy atom. The summed E-state index contributed by atoms with van der Waals surface area (Å²) in [6, 6.07) is 0. The van der Waals surface area contributed by atoms with E-state index in [0.717, 1.165) is 0 Å². The molecule has 0 aliphatic rings. The van der Waals surface area contributed by atoms with Gasteiger partial charge in [0, 0.05) is 0 Å². The van der Waals surface area contributed by atoms with Crippen LogP contribution in [0.5, 0.6) is 0 Å². The molecule has 0 atom stereocenters. The minimum atomic E-state index is 1.24. The summed E-state index contributed by atoms with van der Waals surface area (Å²) in [6.45, 7) is 0. The highest BCUT2D eigenvalue weighted by molar-refractivity contribution is 4.90. The molecule has 0 unspecified atom stereocenters. The first kappa shape index (κ1) is 3.85. The van der Waals surface area contributed by atoms with Crippen molar-refractivity contribution in [2.75, 3.05) is 0 Å². The Bertz CT molecular complexity index is 33.0. The van der Waals surface area contributed by atoms with Gasteiger partial charge in [-0.15, -0.1) is 6.42 Å². The smallest absolute Gasteiger partial charge is 0.114 e. The van der Waals surface area contributed by atoms with Gasteiger partial charge >= 0.3 is 5.88 Å². The van der Waals surface area contributed by atoms with Crippen molar-refractivity contribution in [3.8, 4) is 12.3 Å². The van der Waals surface area contributed by atoms with Crippen LogP contribution in [0, 0.1) is 29.8 Å². The first-order chi connectivity index (χ1) is 1.91. The second kappa shape index (κ2) is 2.85. The van der Waals surface area contributed by atoms with E-state index >= 15 is 0 Å². The maximum absolute atomic E-state index is 4.62. The maximum atomic E-state index is 4.62. The standard InChI is InChI=1S/C3H3Cl/c1-2-3-4/h1,3-4H/q+1. The fourth-order valence-electron chi connectivity index (χ4n) is 0. The predicted molar refractivity (Wildman–Crippen MR) is 14.5 cm³/mol. The number of terminal acetylenes is 1. The van der Waals surface area contributed by atoms with E-state index in [1.54, 1.807) is 0 Å². The van der Waals surface area contributed by atoms with Crippen LogP contribution in [0.1, 0.15) is 0 Å². The molecule has 0 bridgehead atoms. The van der Waals surface area contributed by atoms with E-state index in [1.165, 1.54) is 5.88 Å². The van der Waals surface area contributed by atoms with E-state index < -0.39 is 0 Å². The van der Waals surface area contributed by atoms with E-state index in [9.17, 15) is 0 Å². The molecular formula is C3H3Cl+. The van der Waals surface area contributed by atoms with Crippen molar-refractivity contribution in [2.24, 2.45) is 0 Å². The first-order valence-corrected chi connectivity index (χ1v) is 1.28. The van der Waals surface area contributed by atoms with E-state index in [0.29, 0.717) is 0 Å². The Morgan fingerprint density at radius 2 is 2.25 bits per heavy atom. The zero-order valence-electron chi connectivity index (χ0n) is 2.06. The zero-order valence-corrected chi connectivity index (χ0v) is 2.88. The Hall–Kier alpha value is -0.150. The number of hydrogen-bond donors (Lipinski definition) is 0. The van der Waals surface area contributed by atoms with Crippen LogP contribution in [0.4, 0.5) is 0 Å². The van der Waals surface area contributed by atoms with E-state index in [4.69, 9.17) is 0 Å². The third kappa shape index (κ3) is 1.85. The molecule has 0 aliphatic carbocycles. The van der Waals surface area contributed by atoms with Gasteiger partial charge in [-0.05, 0) is 5.92 Å². The predicted octanol–water partition coefficient (Wildman–Crippen LogP) is 0.0630. The molecule has 0 aliphatic heterocycles.